The zero-order valence-electron chi connectivity index (χ0n) is 14.0. The van der Waals surface area contributed by atoms with Gasteiger partial charge in [0.05, 0.1) is 30.2 Å². The van der Waals surface area contributed by atoms with Crippen LogP contribution < -0.4 is 0 Å². The largest absolute Gasteiger partial charge is 0.416 e. The monoisotopic (exact) mass is 361 g/mol. The molecule has 3 heterocycles. The molecule has 0 unspecified atom stereocenters. The molecule has 2 aromatic heterocycles. The maximum Gasteiger partial charge on any atom is 0.416 e. The van der Waals surface area contributed by atoms with Gasteiger partial charge in [-0.1, -0.05) is 18.2 Å². The molecular weight excluding hydrogens is 343 g/mol. The van der Waals surface area contributed by atoms with Crippen molar-refractivity contribution in [1.82, 2.24) is 14.3 Å². The van der Waals surface area contributed by atoms with Crippen LogP contribution in [0.2, 0.25) is 0 Å². The quantitative estimate of drug-likeness (QED) is 0.710. The van der Waals surface area contributed by atoms with Crippen LogP contribution in [0, 0.1) is 0 Å². The molecule has 0 atom stereocenters. The molecule has 26 heavy (non-hydrogen) atoms. The average Bonchev–Trinajstić information content (AvgIpc) is 3.01. The normalized spacial score (nSPS) is 16.3. The Hall–Kier alpha value is -2.38. The van der Waals surface area contributed by atoms with E-state index in [4.69, 9.17) is 4.74 Å². The number of rotatable bonds is 3. The molecule has 1 fully saturated rings. The van der Waals surface area contributed by atoms with Gasteiger partial charge in [0.15, 0.2) is 0 Å². The SMILES string of the molecule is FC(F)(F)c1ccc(-c2nc3ccccn3c2CN2CCOCC2)cc1. The molecule has 0 spiro atoms. The molecule has 1 saturated heterocycles. The summed E-state index contributed by atoms with van der Waals surface area (Å²) < 4.78 is 45.9. The second kappa shape index (κ2) is 6.74. The maximum atomic E-state index is 12.8. The van der Waals surface area contributed by atoms with Crippen LogP contribution in [0.15, 0.2) is 48.7 Å². The summed E-state index contributed by atoms with van der Waals surface area (Å²) in [6.45, 7) is 3.70. The van der Waals surface area contributed by atoms with Crippen LogP contribution in [0.5, 0.6) is 0 Å². The minimum atomic E-state index is -4.34. The maximum absolute atomic E-state index is 12.8. The molecule has 3 aromatic rings. The molecule has 1 aliphatic rings. The van der Waals surface area contributed by atoms with E-state index in [0.717, 1.165) is 42.3 Å². The van der Waals surface area contributed by atoms with E-state index in [2.05, 4.69) is 9.88 Å². The number of hydrogen-bond acceptors (Lipinski definition) is 3. The highest BCUT2D eigenvalue weighted by molar-refractivity contribution is 5.67. The van der Waals surface area contributed by atoms with Gasteiger partial charge >= 0.3 is 6.18 Å². The summed E-state index contributed by atoms with van der Waals surface area (Å²) in [5.74, 6) is 0. The highest BCUT2D eigenvalue weighted by Gasteiger charge is 2.30. The van der Waals surface area contributed by atoms with Crippen LogP contribution in [0.3, 0.4) is 0 Å². The molecular formula is C19H18F3N3O. The van der Waals surface area contributed by atoms with E-state index in [1.165, 1.54) is 12.1 Å². The summed E-state index contributed by atoms with van der Waals surface area (Å²) in [6, 6.07) is 10.9. The molecule has 7 heteroatoms. The number of benzene rings is 1. The summed E-state index contributed by atoms with van der Waals surface area (Å²) >= 11 is 0. The van der Waals surface area contributed by atoms with Gasteiger partial charge in [-0.25, -0.2) is 4.98 Å². The Bertz CT molecular complexity index is 897. The lowest BCUT2D eigenvalue weighted by atomic mass is 10.1. The minimum absolute atomic E-state index is 0.653. The lowest BCUT2D eigenvalue weighted by Crippen LogP contribution is -2.36. The Balaban J connectivity index is 1.75. The van der Waals surface area contributed by atoms with Gasteiger partial charge in [-0.2, -0.15) is 13.2 Å². The topological polar surface area (TPSA) is 29.8 Å². The first-order valence-electron chi connectivity index (χ1n) is 8.46. The number of halogens is 3. The van der Waals surface area contributed by atoms with Crippen molar-refractivity contribution in [1.29, 1.82) is 0 Å². The Morgan fingerprint density at radius 3 is 2.42 bits per heavy atom. The fourth-order valence-corrected chi connectivity index (χ4v) is 3.22. The first-order valence-corrected chi connectivity index (χ1v) is 8.46. The predicted octanol–water partition coefficient (Wildman–Crippen LogP) is 3.85. The fraction of sp³-hybridized carbons (Fsp3) is 0.316. The van der Waals surface area contributed by atoms with Gasteiger partial charge in [0, 0.05) is 31.4 Å². The van der Waals surface area contributed by atoms with E-state index < -0.39 is 11.7 Å². The number of alkyl halides is 3. The average molecular weight is 361 g/mol. The van der Waals surface area contributed by atoms with Crippen LogP contribution in [0.25, 0.3) is 16.9 Å². The van der Waals surface area contributed by atoms with Gasteiger partial charge in [0.2, 0.25) is 0 Å². The lowest BCUT2D eigenvalue weighted by Gasteiger charge is -2.26. The van der Waals surface area contributed by atoms with Crippen molar-refractivity contribution in [2.75, 3.05) is 26.3 Å². The van der Waals surface area contributed by atoms with Crippen molar-refractivity contribution in [3.63, 3.8) is 0 Å². The predicted molar refractivity (Wildman–Crippen MR) is 91.7 cm³/mol. The van der Waals surface area contributed by atoms with Gasteiger partial charge in [0.1, 0.15) is 5.65 Å². The number of imidazole rings is 1. The molecule has 0 N–H and O–H groups in total. The number of pyridine rings is 1. The number of hydrogen-bond donors (Lipinski definition) is 0. The summed E-state index contributed by atoms with van der Waals surface area (Å²) in [7, 11) is 0. The molecule has 1 aromatic carbocycles. The van der Waals surface area contributed by atoms with E-state index in [0.29, 0.717) is 25.3 Å². The fourth-order valence-electron chi connectivity index (χ4n) is 3.22. The Morgan fingerprint density at radius 2 is 1.73 bits per heavy atom. The zero-order valence-corrected chi connectivity index (χ0v) is 14.0. The van der Waals surface area contributed by atoms with E-state index in [-0.39, 0.29) is 0 Å². The lowest BCUT2D eigenvalue weighted by molar-refractivity contribution is -0.137. The van der Waals surface area contributed by atoms with E-state index in [1.807, 2.05) is 28.8 Å². The van der Waals surface area contributed by atoms with Crippen LogP contribution in [-0.4, -0.2) is 40.6 Å². The van der Waals surface area contributed by atoms with Crippen LogP contribution in [-0.2, 0) is 17.5 Å². The molecule has 1 aliphatic heterocycles. The summed E-state index contributed by atoms with van der Waals surface area (Å²) in [5.41, 5.74) is 2.51. The first-order chi connectivity index (χ1) is 12.5. The zero-order chi connectivity index (χ0) is 18.1. The number of morpholine rings is 1. The van der Waals surface area contributed by atoms with Crippen molar-refractivity contribution in [2.45, 2.75) is 12.7 Å². The molecule has 0 saturated carbocycles. The third kappa shape index (κ3) is 3.32. The Labute approximate surface area is 148 Å². The molecule has 136 valence electrons. The highest BCUT2D eigenvalue weighted by atomic mass is 19.4. The van der Waals surface area contributed by atoms with E-state index in [9.17, 15) is 13.2 Å². The summed E-state index contributed by atoms with van der Waals surface area (Å²) in [6.07, 6.45) is -2.40. The molecule has 4 rings (SSSR count). The number of nitrogens with zero attached hydrogens (tertiary/aromatic N) is 3. The van der Waals surface area contributed by atoms with Crippen LogP contribution >= 0.6 is 0 Å². The Morgan fingerprint density at radius 1 is 1.00 bits per heavy atom. The third-order valence-electron chi connectivity index (χ3n) is 4.59. The van der Waals surface area contributed by atoms with Crippen LogP contribution in [0.4, 0.5) is 13.2 Å². The van der Waals surface area contributed by atoms with Crippen molar-refractivity contribution in [3.8, 4) is 11.3 Å². The third-order valence-corrected chi connectivity index (χ3v) is 4.59. The first kappa shape index (κ1) is 17.1. The van der Waals surface area contributed by atoms with E-state index >= 15 is 0 Å². The molecule has 4 nitrogen and oxygen atoms in total. The second-order valence-electron chi connectivity index (χ2n) is 6.30. The standard InChI is InChI=1S/C19H18F3N3O/c20-19(21,22)15-6-4-14(5-7-15)18-16(13-24-9-11-26-12-10-24)25-8-2-1-3-17(25)23-18/h1-8H,9-13H2. The van der Waals surface area contributed by atoms with E-state index in [1.54, 1.807) is 0 Å². The van der Waals surface area contributed by atoms with Crippen molar-refractivity contribution in [2.24, 2.45) is 0 Å². The molecule has 0 amide bonds. The summed E-state index contributed by atoms with van der Waals surface area (Å²) in [4.78, 5) is 6.94. The van der Waals surface area contributed by atoms with Crippen molar-refractivity contribution in [3.05, 3.63) is 59.9 Å². The van der Waals surface area contributed by atoms with Gasteiger partial charge in [-0.05, 0) is 24.3 Å². The van der Waals surface area contributed by atoms with Gasteiger partial charge < -0.3 is 9.14 Å². The molecule has 0 radical (unpaired) electrons. The molecule has 0 bridgehead atoms. The van der Waals surface area contributed by atoms with Gasteiger partial charge in [-0.3, -0.25) is 4.90 Å². The Kier molecular flexibility index (Phi) is 4.42. The molecule has 0 aliphatic carbocycles. The number of ether oxygens (including phenoxy) is 1. The summed E-state index contributed by atoms with van der Waals surface area (Å²) in [5, 5.41) is 0. The highest BCUT2D eigenvalue weighted by Crippen LogP contribution is 2.32. The van der Waals surface area contributed by atoms with Crippen molar-refractivity contribution < 1.29 is 17.9 Å². The van der Waals surface area contributed by atoms with Crippen molar-refractivity contribution >= 4 is 5.65 Å². The number of aromatic nitrogens is 2. The minimum Gasteiger partial charge on any atom is -0.379 e. The van der Waals surface area contributed by atoms with Gasteiger partial charge in [-0.15, -0.1) is 0 Å². The second-order valence-corrected chi connectivity index (χ2v) is 6.30. The number of fused-ring (bicyclic) bond motifs is 1. The van der Waals surface area contributed by atoms with Gasteiger partial charge in [0.25, 0.3) is 0 Å². The smallest absolute Gasteiger partial charge is 0.379 e. The van der Waals surface area contributed by atoms with Crippen LogP contribution in [0.1, 0.15) is 11.3 Å².